The predicted octanol–water partition coefficient (Wildman–Crippen LogP) is 2.79. The summed E-state index contributed by atoms with van der Waals surface area (Å²) in [7, 11) is 0. The fraction of sp³-hybridized carbons (Fsp3) is 0.286. The fourth-order valence-electron chi connectivity index (χ4n) is 3.78. The number of fused-ring (bicyclic) bond motifs is 3. The number of anilines is 1. The predicted molar refractivity (Wildman–Crippen MR) is 102 cm³/mol. The Kier molecular flexibility index (Phi) is 3.70. The number of nitrogens with zero attached hydrogens (tertiary/aromatic N) is 3. The Morgan fingerprint density at radius 3 is 2.59 bits per heavy atom. The summed E-state index contributed by atoms with van der Waals surface area (Å²) < 4.78 is 1.94. The van der Waals surface area contributed by atoms with Crippen LogP contribution in [0.1, 0.15) is 30.9 Å². The van der Waals surface area contributed by atoms with Crippen molar-refractivity contribution in [3.8, 4) is 0 Å². The Morgan fingerprint density at radius 2 is 1.81 bits per heavy atom. The van der Waals surface area contributed by atoms with E-state index in [1.165, 1.54) is 0 Å². The molecule has 0 bridgehead atoms. The second kappa shape index (κ2) is 6.23. The van der Waals surface area contributed by atoms with E-state index in [4.69, 9.17) is 0 Å². The molecule has 1 aromatic heterocycles. The molecule has 0 radical (unpaired) electrons. The number of nitrogens with one attached hydrogen (secondary N) is 1. The summed E-state index contributed by atoms with van der Waals surface area (Å²) in [4.78, 5) is 32.1. The lowest BCUT2D eigenvalue weighted by Crippen LogP contribution is -2.34. The molecule has 2 aliphatic rings. The number of carbonyl (C=O) groups excluding carboxylic acids is 2. The maximum atomic E-state index is 13.0. The second-order valence-electron chi connectivity index (χ2n) is 7.19. The van der Waals surface area contributed by atoms with Crippen molar-refractivity contribution >= 4 is 28.8 Å². The molecule has 3 aromatic rings. The fourth-order valence-corrected chi connectivity index (χ4v) is 3.78. The molecule has 27 heavy (non-hydrogen) atoms. The highest BCUT2D eigenvalue weighted by Gasteiger charge is 2.47. The number of amides is 2. The molecule has 0 spiro atoms. The number of imidazole rings is 1. The number of para-hydroxylation sites is 2. The van der Waals surface area contributed by atoms with Crippen molar-refractivity contribution in [3.63, 3.8) is 0 Å². The van der Waals surface area contributed by atoms with Crippen LogP contribution in [0, 0.1) is 0 Å². The van der Waals surface area contributed by atoms with Crippen molar-refractivity contribution in [2.24, 2.45) is 0 Å². The Morgan fingerprint density at radius 1 is 1.07 bits per heavy atom. The van der Waals surface area contributed by atoms with Crippen LogP contribution in [-0.2, 0) is 16.1 Å². The number of rotatable bonds is 5. The van der Waals surface area contributed by atoms with E-state index in [1.807, 2.05) is 59.2 Å². The van der Waals surface area contributed by atoms with Crippen LogP contribution in [0.2, 0.25) is 0 Å². The second-order valence-corrected chi connectivity index (χ2v) is 7.19. The molecule has 6 heteroatoms. The van der Waals surface area contributed by atoms with Gasteiger partial charge in [-0.1, -0.05) is 42.5 Å². The van der Waals surface area contributed by atoms with Gasteiger partial charge < -0.3 is 5.32 Å². The standard InChI is InChI=1S/C21H20N4O2/c26-19(22-13-14-6-2-1-3-7-14)12-18-20(27)24(15-10-11-15)21-23-16-8-4-5-9-17(16)25(18)21/h1-9,15,18H,10-13H2,(H,22,26)/t18-/m1/s1. The maximum absolute atomic E-state index is 13.0. The highest BCUT2D eigenvalue weighted by atomic mass is 16.2. The van der Waals surface area contributed by atoms with Gasteiger partial charge in [0.05, 0.1) is 17.5 Å². The van der Waals surface area contributed by atoms with E-state index in [9.17, 15) is 9.59 Å². The van der Waals surface area contributed by atoms with E-state index < -0.39 is 6.04 Å². The zero-order valence-corrected chi connectivity index (χ0v) is 14.8. The van der Waals surface area contributed by atoms with Crippen LogP contribution in [0.5, 0.6) is 0 Å². The molecule has 2 amide bonds. The van der Waals surface area contributed by atoms with Gasteiger partial charge in [0.15, 0.2) is 0 Å². The summed E-state index contributed by atoms with van der Waals surface area (Å²) >= 11 is 0. The average Bonchev–Trinajstić information content (AvgIpc) is 3.40. The summed E-state index contributed by atoms with van der Waals surface area (Å²) in [6.45, 7) is 0.463. The average molecular weight is 360 g/mol. The molecule has 136 valence electrons. The van der Waals surface area contributed by atoms with Gasteiger partial charge in [0.1, 0.15) is 6.04 Å². The minimum Gasteiger partial charge on any atom is -0.352 e. The molecule has 0 unspecified atom stereocenters. The van der Waals surface area contributed by atoms with E-state index in [-0.39, 0.29) is 24.3 Å². The van der Waals surface area contributed by atoms with Gasteiger partial charge in [0.25, 0.3) is 5.91 Å². The highest BCUT2D eigenvalue weighted by Crippen LogP contribution is 2.42. The zero-order chi connectivity index (χ0) is 18.4. The molecular formula is C21H20N4O2. The largest absolute Gasteiger partial charge is 0.352 e. The summed E-state index contributed by atoms with van der Waals surface area (Å²) in [6, 6.07) is 17.3. The number of carbonyl (C=O) groups is 2. The lowest BCUT2D eigenvalue weighted by atomic mass is 10.1. The number of aromatic nitrogens is 2. The van der Waals surface area contributed by atoms with E-state index in [0.717, 1.165) is 29.4 Å². The number of benzene rings is 2. The lowest BCUT2D eigenvalue weighted by Gasteiger charge is -2.15. The molecule has 1 saturated carbocycles. The molecule has 1 aliphatic carbocycles. The van der Waals surface area contributed by atoms with E-state index in [1.54, 1.807) is 4.90 Å². The summed E-state index contributed by atoms with van der Waals surface area (Å²) in [5.74, 6) is 0.545. The van der Waals surface area contributed by atoms with E-state index in [0.29, 0.717) is 12.5 Å². The molecule has 2 aromatic carbocycles. The first-order valence-electron chi connectivity index (χ1n) is 9.33. The topological polar surface area (TPSA) is 67.2 Å². The Balaban J connectivity index is 1.41. The molecule has 5 rings (SSSR count). The summed E-state index contributed by atoms with van der Waals surface area (Å²) in [6.07, 6.45) is 2.13. The summed E-state index contributed by atoms with van der Waals surface area (Å²) in [5, 5.41) is 2.93. The quantitative estimate of drug-likeness (QED) is 0.761. The van der Waals surface area contributed by atoms with Crippen LogP contribution >= 0.6 is 0 Å². The SMILES string of the molecule is O=C(C[C@@H]1C(=O)N(C2CC2)c2nc3ccccc3n21)NCc1ccccc1. The highest BCUT2D eigenvalue weighted by molar-refractivity contribution is 6.04. The third kappa shape index (κ3) is 2.77. The van der Waals surface area contributed by atoms with Crippen molar-refractivity contribution < 1.29 is 9.59 Å². The summed E-state index contributed by atoms with van der Waals surface area (Å²) in [5.41, 5.74) is 2.81. The Hall–Kier alpha value is -3.15. The molecule has 0 saturated heterocycles. The minimum atomic E-state index is -0.524. The first-order chi connectivity index (χ1) is 13.2. The molecule has 6 nitrogen and oxygen atoms in total. The van der Waals surface area contributed by atoms with Crippen molar-refractivity contribution in [1.29, 1.82) is 0 Å². The molecule has 1 N–H and O–H groups in total. The molecular weight excluding hydrogens is 340 g/mol. The molecule has 1 atom stereocenters. The van der Waals surface area contributed by atoms with Crippen LogP contribution in [0.3, 0.4) is 0 Å². The van der Waals surface area contributed by atoms with Crippen LogP contribution < -0.4 is 10.2 Å². The smallest absolute Gasteiger partial charge is 0.253 e. The van der Waals surface area contributed by atoms with Crippen molar-refractivity contribution in [2.75, 3.05) is 4.90 Å². The van der Waals surface area contributed by atoms with Crippen molar-refractivity contribution in [1.82, 2.24) is 14.9 Å². The van der Waals surface area contributed by atoms with Crippen LogP contribution in [0.4, 0.5) is 5.95 Å². The first-order valence-corrected chi connectivity index (χ1v) is 9.33. The first kappa shape index (κ1) is 16.1. The van der Waals surface area contributed by atoms with Crippen molar-refractivity contribution in [3.05, 3.63) is 60.2 Å². The molecule has 2 heterocycles. The monoisotopic (exact) mass is 360 g/mol. The maximum Gasteiger partial charge on any atom is 0.253 e. The van der Waals surface area contributed by atoms with Gasteiger partial charge in [0.2, 0.25) is 11.9 Å². The Labute approximate surface area is 156 Å². The van der Waals surface area contributed by atoms with Gasteiger partial charge in [-0.05, 0) is 30.5 Å². The van der Waals surface area contributed by atoms with Gasteiger partial charge in [-0.3, -0.25) is 19.1 Å². The van der Waals surface area contributed by atoms with E-state index in [2.05, 4.69) is 10.3 Å². The van der Waals surface area contributed by atoms with Gasteiger partial charge in [-0.25, -0.2) is 4.98 Å². The number of hydrogen-bond donors (Lipinski definition) is 1. The zero-order valence-electron chi connectivity index (χ0n) is 14.8. The molecule has 1 fully saturated rings. The minimum absolute atomic E-state index is 0.0133. The van der Waals surface area contributed by atoms with Crippen LogP contribution in [0.25, 0.3) is 11.0 Å². The Bertz CT molecular complexity index is 1020. The van der Waals surface area contributed by atoms with Crippen LogP contribution in [0.15, 0.2) is 54.6 Å². The normalized spacial score (nSPS) is 18.7. The van der Waals surface area contributed by atoms with Gasteiger partial charge >= 0.3 is 0 Å². The van der Waals surface area contributed by atoms with Crippen molar-refractivity contribution in [2.45, 2.75) is 37.9 Å². The van der Waals surface area contributed by atoms with Gasteiger partial charge in [-0.2, -0.15) is 0 Å². The van der Waals surface area contributed by atoms with Gasteiger partial charge in [-0.15, -0.1) is 0 Å². The van der Waals surface area contributed by atoms with Crippen LogP contribution in [-0.4, -0.2) is 27.4 Å². The molecule has 1 aliphatic heterocycles. The third-order valence-electron chi connectivity index (χ3n) is 5.25. The lowest BCUT2D eigenvalue weighted by molar-refractivity contribution is -0.127. The van der Waals surface area contributed by atoms with Gasteiger partial charge in [0, 0.05) is 12.6 Å². The third-order valence-corrected chi connectivity index (χ3v) is 5.25. The van der Waals surface area contributed by atoms with E-state index >= 15 is 0 Å². The number of hydrogen-bond acceptors (Lipinski definition) is 3.